The second-order valence-electron chi connectivity index (χ2n) is 3.32. The van der Waals surface area contributed by atoms with Crippen LogP contribution in [0.15, 0.2) is 27.4 Å². The highest BCUT2D eigenvalue weighted by Crippen LogP contribution is 2.28. The van der Waals surface area contributed by atoms with Crippen molar-refractivity contribution in [2.45, 2.75) is 6.54 Å². The lowest BCUT2D eigenvalue weighted by atomic mass is 10.1. The van der Waals surface area contributed by atoms with Gasteiger partial charge in [-0.2, -0.15) is 0 Å². The van der Waals surface area contributed by atoms with E-state index in [1.165, 1.54) is 13.2 Å². The number of fused-ring (bicyclic) bond motifs is 1. The molecule has 5 nitrogen and oxygen atoms in total. The van der Waals surface area contributed by atoms with Crippen molar-refractivity contribution in [1.82, 2.24) is 0 Å². The van der Waals surface area contributed by atoms with E-state index in [9.17, 15) is 9.90 Å². The zero-order chi connectivity index (χ0) is 11.7. The van der Waals surface area contributed by atoms with Gasteiger partial charge in [-0.05, 0) is 17.5 Å². The molecule has 5 heteroatoms. The van der Waals surface area contributed by atoms with Crippen molar-refractivity contribution in [2.24, 2.45) is 5.73 Å². The summed E-state index contributed by atoms with van der Waals surface area (Å²) >= 11 is 0. The topological polar surface area (TPSA) is 85.7 Å². The summed E-state index contributed by atoms with van der Waals surface area (Å²) in [5.74, 6) is 0.676. The van der Waals surface area contributed by atoms with Gasteiger partial charge in [-0.3, -0.25) is 0 Å². The van der Waals surface area contributed by atoms with Crippen LogP contribution >= 0.6 is 0 Å². The van der Waals surface area contributed by atoms with Crippen molar-refractivity contribution in [3.8, 4) is 11.5 Å². The van der Waals surface area contributed by atoms with Gasteiger partial charge in [0.05, 0.1) is 13.7 Å². The first kappa shape index (κ1) is 10.5. The van der Waals surface area contributed by atoms with Crippen molar-refractivity contribution in [3.63, 3.8) is 0 Å². The van der Waals surface area contributed by atoms with Crippen molar-refractivity contribution in [1.29, 1.82) is 0 Å². The third-order valence-corrected chi connectivity index (χ3v) is 2.30. The van der Waals surface area contributed by atoms with E-state index in [2.05, 4.69) is 0 Å². The Morgan fingerprint density at radius 2 is 2.19 bits per heavy atom. The minimum absolute atomic E-state index is 0.128. The summed E-state index contributed by atoms with van der Waals surface area (Å²) < 4.78 is 9.91. The highest BCUT2D eigenvalue weighted by atomic mass is 16.5. The fourth-order valence-corrected chi connectivity index (χ4v) is 1.55. The summed E-state index contributed by atoms with van der Waals surface area (Å²) in [6.45, 7) is 0.128. The third-order valence-electron chi connectivity index (χ3n) is 2.30. The summed E-state index contributed by atoms with van der Waals surface area (Å²) in [5.41, 5.74) is 4.79. The second kappa shape index (κ2) is 3.86. The lowest BCUT2D eigenvalue weighted by molar-refractivity contribution is 0.408. The minimum atomic E-state index is -0.599. The molecule has 0 bridgehead atoms. The van der Waals surface area contributed by atoms with Crippen molar-refractivity contribution in [3.05, 3.63) is 34.4 Å². The van der Waals surface area contributed by atoms with Crippen LogP contribution in [-0.4, -0.2) is 12.2 Å². The van der Waals surface area contributed by atoms with Gasteiger partial charge in [0, 0.05) is 6.07 Å². The molecule has 2 aromatic rings. The number of rotatable bonds is 2. The number of ether oxygens (including phenoxy) is 1. The van der Waals surface area contributed by atoms with Crippen LogP contribution in [0.1, 0.15) is 5.76 Å². The maximum absolute atomic E-state index is 11.6. The smallest absolute Gasteiger partial charge is 0.347 e. The van der Waals surface area contributed by atoms with Gasteiger partial charge in [-0.25, -0.2) is 4.79 Å². The van der Waals surface area contributed by atoms with Crippen LogP contribution in [0.3, 0.4) is 0 Å². The number of phenolic OH excluding ortho intramolecular Hbond substituents is 1. The quantitative estimate of drug-likeness (QED) is 0.789. The Bertz CT molecular complexity index is 583. The molecule has 3 N–H and O–H groups in total. The zero-order valence-electron chi connectivity index (χ0n) is 8.69. The number of aromatic hydroxyl groups is 1. The van der Waals surface area contributed by atoms with E-state index in [1.54, 1.807) is 12.1 Å². The summed E-state index contributed by atoms with van der Waals surface area (Å²) in [6, 6.07) is 4.62. The van der Waals surface area contributed by atoms with Gasteiger partial charge in [0.1, 0.15) is 22.6 Å². The Hall–Kier alpha value is -2.01. The van der Waals surface area contributed by atoms with Crippen LogP contribution in [0.2, 0.25) is 0 Å². The molecule has 0 amide bonds. The van der Waals surface area contributed by atoms with Crippen LogP contribution in [-0.2, 0) is 6.54 Å². The van der Waals surface area contributed by atoms with Gasteiger partial charge in [0.2, 0.25) is 0 Å². The average Bonchev–Trinajstić information content (AvgIpc) is 2.27. The SMILES string of the molecule is COc1cc(O)c2c(=O)oc(CN)cc2c1. The molecule has 0 atom stereocenters. The van der Waals surface area contributed by atoms with Crippen molar-refractivity contribution in [2.75, 3.05) is 7.11 Å². The minimum Gasteiger partial charge on any atom is -0.507 e. The van der Waals surface area contributed by atoms with Crippen molar-refractivity contribution < 1.29 is 14.3 Å². The molecule has 0 aliphatic rings. The fraction of sp³-hybridized carbons (Fsp3) is 0.182. The largest absolute Gasteiger partial charge is 0.507 e. The Kier molecular flexibility index (Phi) is 2.54. The molecule has 84 valence electrons. The van der Waals surface area contributed by atoms with E-state index in [0.717, 1.165) is 0 Å². The van der Waals surface area contributed by atoms with Crippen LogP contribution in [0.25, 0.3) is 10.8 Å². The molecule has 0 radical (unpaired) electrons. The first-order chi connectivity index (χ1) is 7.65. The fourth-order valence-electron chi connectivity index (χ4n) is 1.55. The highest BCUT2D eigenvalue weighted by Gasteiger charge is 2.10. The van der Waals surface area contributed by atoms with Gasteiger partial charge in [-0.1, -0.05) is 0 Å². The Balaban J connectivity index is 2.84. The monoisotopic (exact) mass is 221 g/mol. The van der Waals surface area contributed by atoms with E-state index in [-0.39, 0.29) is 17.7 Å². The number of hydrogen-bond donors (Lipinski definition) is 2. The normalized spacial score (nSPS) is 10.6. The highest BCUT2D eigenvalue weighted by molar-refractivity contribution is 5.88. The van der Waals surface area contributed by atoms with Crippen LogP contribution in [0.4, 0.5) is 0 Å². The van der Waals surface area contributed by atoms with Gasteiger partial charge >= 0.3 is 5.63 Å². The molecular formula is C11H11NO4. The lowest BCUT2D eigenvalue weighted by Crippen LogP contribution is -2.05. The number of benzene rings is 1. The van der Waals surface area contributed by atoms with Gasteiger partial charge in [-0.15, -0.1) is 0 Å². The molecule has 0 spiro atoms. The van der Waals surface area contributed by atoms with Gasteiger partial charge < -0.3 is 20.0 Å². The molecule has 1 heterocycles. The average molecular weight is 221 g/mol. The molecule has 0 aliphatic carbocycles. The van der Waals surface area contributed by atoms with Gasteiger partial charge in [0.25, 0.3) is 0 Å². The van der Waals surface area contributed by atoms with Crippen molar-refractivity contribution >= 4 is 10.8 Å². The maximum Gasteiger partial charge on any atom is 0.347 e. The summed E-state index contributed by atoms with van der Waals surface area (Å²) in [5, 5.41) is 10.3. The molecule has 2 rings (SSSR count). The third kappa shape index (κ3) is 1.61. The maximum atomic E-state index is 11.6. The molecular weight excluding hydrogens is 210 g/mol. The Labute approximate surface area is 91.1 Å². The summed E-state index contributed by atoms with van der Waals surface area (Å²) in [7, 11) is 1.48. The van der Waals surface area contributed by atoms with Crippen LogP contribution in [0, 0.1) is 0 Å². The Morgan fingerprint density at radius 1 is 1.44 bits per heavy atom. The van der Waals surface area contributed by atoms with Crippen LogP contribution < -0.4 is 16.1 Å². The van der Waals surface area contributed by atoms with E-state index in [4.69, 9.17) is 14.9 Å². The van der Waals surface area contributed by atoms with Crippen LogP contribution in [0.5, 0.6) is 11.5 Å². The van der Waals surface area contributed by atoms with E-state index in [1.807, 2.05) is 0 Å². The number of methoxy groups -OCH3 is 1. The molecule has 1 aromatic carbocycles. The molecule has 0 aliphatic heterocycles. The lowest BCUT2D eigenvalue weighted by Gasteiger charge is -2.05. The Morgan fingerprint density at radius 3 is 2.81 bits per heavy atom. The molecule has 0 fully saturated rings. The van der Waals surface area contributed by atoms with E-state index >= 15 is 0 Å². The van der Waals surface area contributed by atoms with Gasteiger partial charge in [0.15, 0.2) is 0 Å². The first-order valence-electron chi connectivity index (χ1n) is 4.69. The molecule has 1 aromatic heterocycles. The summed E-state index contributed by atoms with van der Waals surface area (Å²) in [4.78, 5) is 11.6. The molecule has 0 saturated carbocycles. The van der Waals surface area contributed by atoms with E-state index in [0.29, 0.717) is 16.9 Å². The standard InChI is InChI=1S/C11H11NO4/c1-15-7-2-6-3-8(5-12)16-11(14)10(6)9(13)4-7/h2-4,13H,5,12H2,1H3. The summed E-state index contributed by atoms with van der Waals surface area (Å²) in [6.07, 6.45) is 0. The molecule has 0 unspecified atom stereocenters. The van der Waals surface area contributed by atoms with E-state index < -0.39 is 5.63 Å². The number of hydrogen-bond acceptors (Lipinski definition) is 5. The first-order valence-corrected chi connectivity index (χ1v) is 4.69. The zero-order valence-corrected chi connectivity index (χ0v) is 8.69. The molecule has 16 heavy (non-hydrogen) atoms. The number of phenols is 1. The molecule has 0 saturated heterocycles. The predicted molar refractivity (Wildman–Crippen MR) is 58.6 cm³/mol. The number of nitrogens with two attached hydrogens (primary N) is 1. The second-order valence-corrected chi connectivity index (χ2v) is 3.32. The predicted octanol–water partition coefficient (Wildman–Crippen LogP) is 0.966.